The molecule has 0 bridgehead atoms. The molecule has 5 rings (SSSR count). The Bertz CT molecular complexity index is 1150. The zero-order valence-electron chi connectivity index (χ0n) is 13.1. The van der Waals surface area contributed by atoms with Crippen LogP contribution in [0, 0.1) is 0 Å². The van der Waals surface area contributed by atoms with Crippen molar-refractivity contribution in [2.75, 3.05) is 0 Å². The lowest BCUT2D eigenvalue weighted by molar-refractivity contribution is -0.114. The number of nitrogens with one attached hydrogen (secondary N) is 2. The smallest absolute Gasteiger partial charge is 0.256 e. The van der Waals surface area contributed by atoms with E-state index in [0.29, 0.717) is 11.3 Å². The molecular formula is C20H13N3O2. The van der Waals surface area contributed by atoms with Crippen LogP contribution in [-0.2, 0) is 4.79 Å². The first kappa shape index (κ1) is 13.8. The highest BCUT2D eigenvalue weighted by Gasteiger charge is 2.26. The van der Waals surface area contributed by atoms with Crippen molar-refractivity contribution in [1.29, 1.82) is 0 Å². The molecule has 120 valence electrons. The quantitative estimate of drug-likeness (QED) is 0.639. The Labute approximate surface area is 143 Å². The third kappa shape index (κ3) is 2.03. The van der Waals surface area contributed by atoms with E-state index in [4.69, 9.17) is 0 Å². The van der Waals surface area contributed by atoms with Crippen LogP contribution >= 0.6 is 0 Å². The van der Waals surface area contributed by atoms with Crippen molar-refractivity contribution in [2.45, 2.75) is 0 Å². The number of amides is 1. The molecule has 3 aromatic rings. The SMILES string of the molecule is O=C1N/C(=C2/C=Nc3ccc(O)cc32)C=C1c1c[nH]c2ccccc12. The molecule has 2 aliphatic heterocycles. The van der Waals surface area contributed by atoms with Crippen molar-refractivity contribution in [3.05, 3.63) is 71.6 Å². The van der Waals surface area contributed by atoms with E-state index in [2.05, 4.69) is 15.3 Å². The third-order valence-corrected chi connectivity index (χ3v) is 4.55. The van der Waals surface area contributed by atoms with Crippen LogP contribution in [-0.4, -0.2) is 22.2 Å². The summed E-state index contributed by atoms with van der Waals surface area (Å²) in [6.45, 7) is 0. The molecule has 0 saturated heterocycles. The Morgan fingerprint density at radius 2 is 1.92 bits per heavy atom. The molecule has 1 aromatic heterocycles. The van der Waals surface area contributed by atoms with Gasteiger partial charge in [-0.05, 0) is 30.3 Å². The lowest BCUT2D eigenvalue weighted by Crippen LogP contribution is -2.16. The summed E-state index contributed by atoms with van der Waals surface area (Å²) >= 11 is 0. The number of rotatable bonds is 1. The number of phenols is 1. The minimum Gasteiger partial charge on any atom is -0.508 e. The molecule has 3 N–H and O–H groups in total. The molecule has 3 heterocycles. The van der Waals surface area contributed by atoms with Crippen molar-refractivity contribution in [2.24, 2.45) is 4.99 Å². The van der Waals surface area contributed by atoms with Gasteiger partial charge in [0, 0.05) is 40.0 Å². The average molecular weight is 327 g/mol. The van der Waals surface area contributed by atoms with E-state index in [1.165, 1.54) is 0 Å². The van der Waals surface area contributed by atoms with Gasteiger partial charge in [0.05, 0.1) is 17.0 Å². The van der Waals surface area contributed by atoms with Crippen molar-refractivity contribution in [3.63, 3.8) is 0 Å². The van der Waals surface area contributed by atoms with E-state index < -0.39 is 0 Å². The van der Waals surface area contributed by atoms with Crippen LogP contribution in [0.3, 0.4) is 0 Å². The lowest BCUT2D eigenvalue weighted by atomic mass is 10.0. The van der Waals surface area contributed by atoms with Crippen molar-refractivity contribution < 1.29 is 9.90 Å². The van der Waals surface area contributed by atoms with Gasteiger partial charge in [0.1, 0.15) is 5.75 Å². The fourth-order valence-electron chi connectivity index (χ4n) is 3.35. The topological polar surface area (TPSA) is 77.5 Å². The Morgan fingerprint density at radius 1 is 1.04 bits per heavy atom. The molecule has 5 heteroatoms. The summed E-state index contributed by atoms with van der Waals surface area (Å²) in [5.41, 5.74) is 5.56. The highest BCUT2D eigenvalue weighted by Crippen LogP contribution is 2.38. The van der Waals surface area contributed by atoms with Crippen molar-refractivity contribution in [3.8, 4) is 5.75 Å². The van der Waals surface area contributed by atoms with Gasteiger partial charge in [-0.25, -0.2) is 0 Å². The number of aliphatic imine (C=N–C) groups is 1. The van der Waals surface area contributed by atoms with E-state index in [1.54, 1.807) is 24.4 Å². The number of phenolic OH excluding ortho intramolecular Hbond substituents is 1. The molecule has 2 aliphatic rings. The summed E-state index contributed by atoms with van der Waals surface area (Å²) in [5.74, 6) is 0.0294. The van der Waals surface area contributed by atoms with Crippen LogP contribution in [0.2, 0.25) is 0 Å². The number of benzene rings is 2. The fraction of sp³-hybridized carbons (Fsp3) is 0. The number of aromatic nitrogens is 1. The molecule has 2 aromatic carbocycles. The summed E-state index contributed by atoms with van der Waals surface area (Å²) in [7, 11) is 0. The molecular weight excluding hydrogens is 314 g/mol. The number of carbonyl (C=O) groups excluding carboxylic acids is 1. The first-order chi connectivity index (χ1) is 12.2. The maximum absolute atomic E-state index is 12.5. The van der Waals surface area contributed by atoms with E-state index in [1.807, 2.05) is 36.5 Å². The number of allylic oxidation sites excluding steroid dienone is 2. The second kappa shape index (κ2) is 4.95. The molecule has 0 unspecified atom stereocenters. The molecule has 0 fully saturated rings. The second-order valence-corrected chi connectivity index (χ2v) is 6.05. The van der Waals surface area contributed by atoms with Crippen LogP contribution in [0.1, 0.15) is 11.1 Å². The van der Waals surface area contributed by atoms with Gasteiger partial charge < -0.3 is 15.4 Å². The molecule has 0 atom stereocenters. The van der Waals surface area contributed by atoms with Gasteiger partial charge in [0.25, 0.3) is 5.91 Å². The summed E-state index contributed by atoms with van der Waals surface area (Å²) in [4.78, 5) is 20.1. The zero-order chi connectivity index (χ0) is 17.0. The van der Waals surface area contributed by atoms with Gasteiger partial charge in [0.15, 0.2) is 0 Å². The van der Waals surface area contributed by atoms with Crippen LogP contribution < -0.4 is 5.32 Å². The average Bonchev–Trinajstić information content (AvgIpc) is 3.30. The number of fused-ring (bicyclic) bond motifs is 2. The number of carbonyl (C=O) groups is 1. The first-order valence-electron chi connectivity index (χ1n) is 7.92. The summed E-state index contributed by atoms with van der Waals surface area (Å²) in [5, 5.41) is 13.7. The molecule has 25 heavy (non-hydrogen) atoms. The van der Waals surface area contributed by atoms with Crippen LogP contribution in [0.4, 0.5) is 5.69 Å². The molecule has 0 saturated carbocycles. The number of nitrogens with zero attached hydrogens (tertiary/aromatic N) is 1. The van der Waals surface area contributed by atoms with Crippen LogP contribution in [0.25, 0.3) is 22.0 Å². The molecule has 0 radical (unpaired) electrons. The summed E-state index contributed by atoms with van der Waals surface area (Å²) in [6.07, 6.45) is 5.42. The number of para-hydroxylation sites is 1. The number of aromatic amines is 1. The predicted molar refractivity (Wildman–Crippen MR) is 97.6 cm³/mol. The molecule has 0 spiro atoms. The van der Waals surface area contributed by atoms with Gasteiger partial charge in [-0.1, -0.05) is 18.2 Å². The van der Waals surface area contributed by atoms with E-state index in [9.17, 15) is 9.90 Å². The highest BCUT2D eigenvalue weighted by atomic mass is 16.3. The standard InChI is InChI=1S/C20H13N3O2/c24-11-5-6-18-13(7-11)16(10-22-18)19-8-14(20(25)23-19)15-9-21-17-4-2-1-3-12(15)17/h1-10,21,24H,(H,23,25)/b19-16-. The van der Waals surface area contributed by atoms with Crippen LogP contribution in [0.5, 0.6) is 5.75 Å². The number of hydrogen-bond donors (Lipinski definition) is 3. The van der Waals surface area contributed by atoms with Gasteiger partial charge >= 0.3 is 0 Å². The van der Waals surface area contributed by atoms with Crippen molar-refractivity contribution >= 4 is 39.9 Å². The molecule has 0 aliphatic carbocycles. The van der Waals surface area contributed by atoms with Crippen LogP contribution in [0.15, 0.2) is 65.4 Å². The van der Waals surface area contributed by atoms with E-state index in [-0.39, 0.29) is 11.7 Å². The maximum Gasteiger partial charge on any atom is 0.256 e. The monoisotopic (exact) mass is 327 g/mol. The molecule has 1 amide bonds. The van der Waals surface area contributed by atoms with E-state index in [0.717, 1.165) is 33.3 Å². The maximum atomic E-state index is 12.5. The normalized spacial score (nSPS) is 18.6. The fourth-order valence-corrected chi connectivity index (χ4v) is 3.35. The Hall–Kier alpha value is -3.60. The van der Waals surface area contributed by atoms with Gasteiger partial charge in [-0.3, -0.25) is 9.79 Å². The second-order valence-electron chi connectivity index (χ2n) is 6.05. The largest absolute Gasteiger partial charge is 0.508 e. The third-order valence-electron chi connectivity index (χ3n) is 4.55. The lowest BCUT2D eigenvalue weighted by Gasteiger charge is -2.04. The minimum atomic E-state index is -0.144. The van der Waals surface area contributed by atoms with Gasteiger partial charge in [0.2, 0.25) is 0 Å². The zero-order valence-corrected chi connectivity index (χ0v) is 13.1. The Balaban J connectivity index is 1.67. The van der Waals surface area contributed by atoms with Gasteiger partial charge in [-0.15, -0.1) is 0 Å². The summed E-state index contributed by atoms with van der Waals surface area (Å²) in [6, 6.07) is 12.9. The van der Waals surface area contributed by atoms with Gasteiger partial charge in [-0.2, -0.15) is 0 Å². The minimum absolute atomic E-state index is 0.144. The summed E-state index contributed by atoms with van der Waals surface area (Å²) < 4.78 is 0. The number of hydrogen-bond acceptors (Lipinski definition) is 3. The Kier molecular flexibility index (Phi) is 2.73. The molecule has 5 nitrogen and oxygen atoms in total. The first-order valence-corrected chi connectivity index (χ1v) is 7.92. The Morgan fingerprint density at radius 3 is 2.84 bits per heavy atom. The predicted octanol–water partition coefficient (Wildman–Crippen LogP) is 3.51. The highest BCUT2D eigenvalue weighted by molar-refractivity contribution is 6.29. The van der Waals surface area contributed by atoms with Crippen molar-refractivity contribution in [1.82, 2.24) is 10.3 Å². The van der Waals surface area contributed by atoms with E-state index >= 15 is 0 Å². The number of H-pyrrole nitrogens is 1. The number of aromatic hydroxyl groups is 1.